The van der Waals surface area contributed by atoms with Crippen molar-refractivity contribution in [3.63, 3.8) is 0 Å². The summed E-state index contributed by atoms with van der Waals surface area (Å²) in [5.41, 5.74) is 0. The maximum Gasteiger partial charge on any atom is 0.260 e. The summed E-state index contributed by atoms with van der Waals surface area (Å²) in [6.07, 6.45) is 3.70. The summed E-state index contributed by atoms with van der Waals surface area (Å²) in [6.45, 7) is 0.643. The first-order chi connectivity index (χ1) is 10.8. The molecule has 8 heteroatoms. The number of carbonyl (C=O) groups is 1. The smallest absolute Gasteiger partial charge is 0.260 e. The van der Waals surface area contributed by atoms with Gasteiger partial charge in [0.25, 0.3) is 5.91 Å². The minimum absolute atomic E-state index is 0.152. The van der Waals surface area contributed by atoms with Crippen LogP contribution in [0.2, 0.25) is 0 Å². The van der Waals surface area contributed by atoms with Crippen LogP contribution in [0.5, 0.6) is 5.75 Å². The number of carbonyl (C=O) groups excluding carboxylic acids is 1. The Morgan fingerprint density at radius 2 is 2.04 bits per heavy atom. The highest BCUT2D eigenvalue weighted by atomic mass is 32.2. The third-order valence-electron chi connectivity index (χ3n) is 3.70. The Morgan fingerprint density at radius 1 is 1.35 bits per heavy atom. The fraction of sp³-hybridized carbons (Fsp3) is 0.533. The van der Waals surface area contributed by atoms with Crippen LogP contribution < -0.4 is 9.46 Å². The summed E-state index contributed by atoms with van der Waals surface area (Å²) in [6, 6.07) is 5.28. The zero-order valence-electron chi connectivity index (χ0n) is 13.0. The van der Waals surface area contributed by atoms with Gasteiger partial charge in [0.1, 0.15) is 11.6 Å². The van der Waals surface area contributed by atoms with E-state index in [1.807, 2.05) is 0 Å². The van der Waals surface area contributed by atoms with Gasteiger partial charge in [-0.25, -0.2) is 17.5 Å². The third-order valence-corrected chi connectivity index (χ3v) is 4.40. The van der Waals surface area contributed by atoms with E-state index in [0.717, 1.165) is 25.5 Å². The summed E-state index contributed by atoms with van der Waals surface area (Å²) in [4.78, 5) is 14.0. The van der Waals surface area contributed by atoms with Crippen molar-refractivity contribution in [2.75, 3.05) is 26.0 Å². The minimum atomic E-state index is -3.29. The lowest BCUT2D eigenvalue weighted by molar-refractivity contribution is -0.136. The molecule has 1 aromatic rings. The van der Waals surface area contributed by atoms with Crippen molar-refractivity contribution in [3.8, 4) is 5.75 Å². The van der Waals surface area contributed by atoms with Crippen LogP contribution in [-0.4, -0.2) is 51.2 Å². The first-order valence-electron chi connectivity index (χ1n) is 7.47. The van der Waals surface area contributed by atoms with Crippen LogP contribution >= 0.6 is 0 Å². The molecule has 0 radical (unpaired) electrons. The molecule has 1 fully saturated rings. The standard InChI is InChI=1S/C15H21FN2O4S/c1-23(20,21)17-10-13-4-2-3-9-18(13)15(19)11-22-14-7-5-12(16)6-8-14/h5-8,13,17H,2-4,9-11H2,1H3. The molecule has 1 saturated heterocycles. The van der Waals surface area contributed by atoms with Crippen LogP contribution in [0.4, 0.5) is 4.39 Å². The van der Waals surface area contributed by atoms with Crippen LogP contribution in [0.1, 0.15) is 19.3 Å². The fourth-order valence-corrected chi connectivity index (χ4v) is 3.04. The molecule has 0 aliphatic carbocycles. The molecule has 0 bridgehead atoms. The predicted octanol–water partition coefficient (Wildman–Crippen LogP) is 1.13. The molecule has 0 spiro atoms. The van der Waals surface area contributed by atoms with Crippen molar-refractivity contribution < 1.29 is 22.3 Å². The van der Waals surface area contributed by atoms with Gasteiger partial charge in [0.05, 0.1) is 6.26 Å². The molecule has 1 N–H and O–H groups in total. The number of ether oxygens (including phenoxy) is 1. The maximum absolute atomic E-state index is 12.8. The van der Waals surface area contributed by atoms with E-state index >= 15 is 0 Å². The molecule has 1 amide bonds. The van der Waals surface area contributed by atoms with Crippen molar-refractivity contribution >= 4 is 15.9 Å². The molecule has 0 saturated carbocycles. The molecule has 1 aromatic carbocycles. The monoisotopic (exact) mass is 344 g/mol. The maximum atomic E-state index is 12.8. The Labute approximate surface area is 135 Å². The average Bonchev–Trinajstić information content (AvgIpc) is 2.52. The summed E-state index contributed by atoms with van der Waals surface area (Å²) in [5, 5.41) is 0. The summed E-state index contributed by atoms with van der Waals surface area (Å²) in [7, 11) is -3.29. The lowest BCUT2D eigenvalue weighted by atomic mass is 10.0. The molecule has 1 atom stereocenters. The second-order valence-corrected chi connectivity index (χ2v) is 7.43. The number of amides is 1. The van der Waals surface area contributed by atoms with E-state index in [1.165, 1.54) is 24.3 Å². The first kappa shape index (κ1) is 17.7. The predicted molar refractivity (Wildman–Crippen MR) is 84.1 cm³/mol. The molecule has 1 aliphatic heterocycles. The normalized spacial score (nSPS) is 18.7. The van der Waals surface area contributed by atoms with E-state index in [4.69, 9.17) is 4.74 Å². The zero-order valence-corrected chi connectivity index (χ0v) is 13.8. The summed E-state index contributed by atoms with van der Waals surface area (Å²) in [5.74, 6) is -0.150. The van der Waals surface area contributed by atoms with Gasteiger partial charge in [-0.15, -0.1) is 0 Å². The topological polar surface area (TPSA) is 75.7 Å². The van der Waals surface area contributed by atoms with E-state index in [0.29, 0.717) is 12.3 Å². The Bertz CT molecular complexity index is 633. The molecule has 128 valence electrons. The van der Waals surface area contributed by atoms with Gasteiger partial charge < -0.3 is 9.64 Å². The van der Waals surface area contributed by atoms with Crippen molar-refractivity contribution in [2.24, 2.45) is 0 Å². The highest BCUT2D eigenvalue weighted by Gasteiger charge is 2.27. The van der Waals surface area contributed by atoms with Crippen LogP contribution in [0.3, 0.4) is 0 Å². The fourth-order valence-electron chi connectivity index (χ4n) is 2.55. The van der Waals surface area contributed by atoms with Gasteiger partial charge in [-0.1, -0.05) is 0 Å². The van der Waals surface area contributed by atoms with Gasteiger partial charge in [0.2, 0.25) is 10.0 Å². The number of benzene rings is 1. The molecule has 1 unspecified atom stereocenters. The van der Waals surface area contributed by atoms with Gasteiger partial charge in [-0.3, -0.25) is 4.79 Å². The molecule has 1 aliphatic rings. The number of halogens is 1. The minimum Gasteiger partial charge on any atom is -0.484 e. The molecule has 0 aromatic heterocycles. The number of hydrogen-bond acceptors (Lipinski definition) is 4. The number of nitrogens with zero attached hydrogens (tertiary/aromatic N) is 1. The highest BCUT2D eigenvalue weighted by Crippen LogP contribution is 2.18. The lowest BCUT2D eigenvalue weighted by Crippen LogP contribution is -2.50. The number of piperidine rings is 1. The zero-order chi connectivity index (χ0) is 16.9. The van der Waals surface area contributed by atoms with E-state index in [-0.39, 0.29) is 30.9 Å². The van der Waals surface area contributed by atoms with E-state index < -0.39 is 10.0 Å². The summed E-state index contributed by atoms with van der Waals surface area (Å²) < 4.78 is 43.1. The van der Waals surface area contributed by atoms with Crippen molar-refractivity contribution in [3.05, 3.63) is 30.1 Å². The van der Waals surface area contributed by atoms with E-state index in [2.05, 4.69) is 4.72 Å². The van der Waals surface area contributed by atoms with Crippen LogP contribution in [0, 0.1) is 5.82 Å². The second kappa shape index (κ2) is 7.74. The molecule has 23 heavy (non-hydrogen) atoms. The second-order valence-electron chi connectivity index (χ2n) is 5.60. The van der Waals surface area contributed by atoms with Gasteiger partial charge >= 0.3 is 0 Å². The third kappa shape index (κ3) is 5.80. The van der Waals surface area contributed by atoms with Crippen LogP contribution in [0.15, 0.2) is 24.3 Å². The number of hydrogen-bond donors (Lipinski definition) is 1. The number of rotatable bonds is 6. The Kier molecular flexibility index (Phi) is 5.95. The largest absolute Gasteiger partial charge is 0.484 e. The summed E-state index contributed by atoms with van der Waals surface area (Å²) >= 11 is 0. The number of likely N-dealkylation sites (tertiary alicyclic amines) is 1. The van der Waals surface area contributed by atoms with Crippen molar-refractivity contribution in [2.45, 2.75) is 25.3 Å². The molecular weight excluding hydrogens is 323 g/mol. The van der Waals surface area contributed by atoms with Crippen molar-refractivity contribution in [1.29, 1.82) is 0 Å². The Morgan fingerprint density at radius 3 is 2.70 bits per heavy atom. The van der Waals surface area contributed by atoms with Gasteiger partial charge in [-0.05, 0) is 43.5 Å². The quantitative estimate of drug-likeness (QED) is 0.839. The SMILES string of the molecule is CS(=O)(=O)NCC1CCCCN1C(=O)COc1ccc(F)cc1. The highest BCUT2D eigenvalue weighted by molar-refractivity contribution is 7.88. The molecule has 2 rings (SSSR count). The molecule has 1 heterocycles. The molecular formula is C15H21FN2O4S. The molecule has 6 nitrogen and oxygen atoms in total. The Balaban J connectivity index is 1.90. The average molecular weight is 344 g/mol. The van der Waals surface area contributed by atoms with Crippen LogP contribution in [0.25, 0.3) is 0 Å². The van der Waals surface area contributed by atoms with Crippen LogP contribution in [-0.2, 0) is 14.8 Å². The van der Waals surface area contributed by atoms with E-state index in [9.17, 15) is 17.6 Å². The van der Waals surface area contributed by atoms with Gasteiger partial charge in [0.15, 0.2) is 6.61 Å². The lowest BCUT2D eigenvalue weighted by Gasteiger charge is -2.35. The van der Waals surface area contributed by atoms with E-state index in [1.54, 1.807) is 4.90 Å². The van der Waals surface area contributed by atoms with Gasteiger partial charge in [0, 0.05) is 19.1 Å². The Hall–Kier alpha value is -1.67. The number of nitrogens with one attached hydrogen (secondary N) is 1. The first-order valence-corrected chi connectivity index (χ1v) is 9.37. The van der Waals surface area contributed by atoms with Crippen molar-refractivity contribution in [1.82, 2.24) is 9.62 Å². The van der Waals surface area contributed by atoms with Gasteiger partial charge in [-0.2, -0.15) is 0 Å². The number of sulfonamides is 1.